The highest BCUT2D eigenvalue weighted by Crippen LogP contribution is 2.27. The van der Waals surface area contributed by atoms with Crippen LogP contribution in [-0.2, 0) is 16.6 Å². The van der Waals surface area contributed by atoms with Crippen molar-refractivity contribution >= 4 is 16.8 Å². The Kier molecular flexibility index (Phi) is 6.06. The number of aromatic amines is 1. The molecular weight excluding hydrogens is 364 g/mol. The molecule has 0 unspecified atom stereocenters. The summed E-state index contributed by atoms with van der Waals surface area (Å²) in [6.45, 7) is 6.54. The van der Waals surface area contributed by atoms with E-state index in [0.29, 0.717) is 36.2 Å². The molecule has 0 radical (unpaired) electrons. The second-order valence-corrected chi connectivity index (χ2v) is 8.02. The molecule has 5 heteroatoms. The minimum Gasteiger partial charge on any atom is -0.495 e. The smallest absolute Gasteiger partial charge is 0.251 e. The van der Waals surface area contributed by atoms with Crippen molar-refractivity contribution in [3.8, 4) is 5.75 Å². The lowest BCUT2D eigenvalue weighted by atomic mass is 9.81. The molecule has 1 aromatic heterocycles. The zero-order valence-corrected chi connectivity index (χ0v) is 17.5. The molecule has 3 aromatic rings. The Balaban J connectivity index is 1.67. The molecule has 0 bridgehead atoms. The molecule has 0 spiro atoms. The fourth-order valence-electron chi connectivity index (χ4n) is 3.60. The number of hydrogen-bond donors (Lipinski definition) is 2. The van der Waals surface area contributed by atoms with Crippen LogP contribution in [0, 0.1) is 6.92 Å². The predicted octanol–water partition coefficient (Wildman–Crippen LogP) is 3.87. The molecule has 0 aliphatic heterocycles. The van der Waals surface area contributed by atoms with Gasteiger partial charge in [-0.2, -0.15) is 0 Å². The molecule has 152 valence electrons. The van der Waals surface area contributed by atoms with Gasteiger partial charge >= 0.3 is 0 Å². The average Bonchev–Trinajstić information content (AvgIpc) is 2.69. The van der Waals surface area contributed by atoms with Gasteiger partial charge in [-0.1, -0.05) is 50.2 Å². The molecule has 2 aromatic carbocycles. The summed E-state index contributed by atoms with van der Waals surface area (Å²) in [5.74, 6) is 0.625. The van der Waals surface area contributed by atoms with Crippen molar-refractivity contribution in [3.63, 3.8) is 0 Å². The lowest BCUT2D eigenvalue weighted by Crippen LogP contribution is -2.32. The average molecular weight is 392 g/mol. The maximum absolute atomic E-state index is 12.5. The van der Waals surface area contributed by atoms with Gasteiger partial charge in [0.05, 0.1) is 12.6 Å². The van der Waals surface area contributed by atoms with Crippen molar-refractivity contribution in [1.82, 2.24) is 10.3 Å². The van der Waals surface area contributed by atoms with Gasteiger partial charge < -0.3 is 15.0 Å². The second-order valence-electron chi connectivity index (χ2n) is 8.02. The standard InChI is InChI=1S/C24H28N2O3/c1-16-10-11-20(29-4)22-19(16)14-17(23(28)26-22)12-13-25-21(27)15-24(2,3)18-8-6-5-7-9-18/h5-11,14H,12-13,15H2,1-4H3,(H,25,27)(H,26,28). The first-order valence-corrected chi connectivity index (χ1v) is 9.83. The van der Waals surface area contributed by atoms with Crippen molar-refractivity contribution in [1.29, 1.82) is 0 Å². The molecule has 0 fully saturated rings. The number of ether oxygens (including phenoxy) is 1. The van der Waals surface area contributed by atoms with E-state index in [9.17, 15) is 9.59 Å². The van der Waals surface area contributed by atoms with Gasteiger partial charge in [-0.15, -0.1) is 0 Å². The van der Waals surface area contributed by atoms with E-state index >= 15 is 0 Å². The number of rotatable bonds is 7. The number of H-pyrrole nitrogens is 1. The summed E-state index contributed by atoms with van der Waals surface area (Å²) in [5.41, 5.74) is 3.14. The highest BCUT2D eigenvalue weighted by molar-refractivity contribution is 5.87. The van der Waals surface area contributed by atoms with Crippen LogP contribution >= 0.6 is 0 Å². The summed E-state index contributed by atoms with van der Waals surface area (Å²) >= 11 is 0. The van der Waals surface area contributed by atoms with E-state index in [4.69, 9.17) is 4.74 Å². The SMILES string of the molecule is COc1ccc(C)c2cc(CCNC(=O)CC(C)(C)c3ccccc3)c(=O)[nH]c12. The van der Waals surface area contributed by atoms with Crippen molar-refractivity contribution < 1.29 is 9.53 Å². The third-order valence-corrected chi connectivity index (χ3v) is 5.37. The van der Waals surface area contributed by atoms with Crippen molar-refractivity contribution in [2.75, 3.05) is 13.7 Å². The molecular formula is C24H28N2O3. The second kappa shape index (κ2) is 8.52. The van der Waals surface area contributed by atoms with Gasteiger partial charge in [0.15, 0.2) is 0 Å². The molecule has 0 atom stereocenters. The summed E-state index contributed by atoms with van der Waals surface area (Å²) in [6.07, 6.45) is 0.862. The number of methoxy groups -OCH3 is 1. The number of carbonyl (C=O) groups is 1. The lowest BCUT2D eigenvalue weighted by molar-refractivity contribution is -0.122. The number of fused-ring (bicyclic) bond motifs is 1. The van der Waals surface area contributed by atoms with Gasteiger partial charge in [0.2, 0.25) is 5.91 Å². The van der Waals surface area contributed by atoms with Crippen LogP contribution < -0.4 is 15.6 Å². The van der Waals surface area contributed by atoms with Crippen molar-refractivity contribution in [3.05, 3.63) is 75.6 Å². The van der Waals surface area contributed by atoms with E-state index < -0.39 is 0 Å². The first-order chi connectivity index (χ1) is 13.8. The van der Waals surface area contributed by atoms with E-state index in [2.05, 4.69) is 24.1 Å². The molecule has 5 nitrogen and oxygen atoms in total. The highest BCUT2D eigenvalue weighted by Gasteiger charge is 2.23. The Morgan fingerprint density at radius 3 is 2.55 bits per heavy atom. The molecule has 0 aliphatic carbocycles. The minimum absolute atomic E-state index is 0.0195. The van der Waals surface area contributed by atoms with Gasteiger partial charge in [-0.05, 0) is 42.0 Å². The number of nitrogens with one attached hydrogen (secondary N) is 2. The molecule has 0 aliphatic rings. The molecule has 1 heterocycles. The number of carbonyl (C=O) groups excluding carboxylic acids is 1. The van der Waals surface area contributed by atoms with Gasteiger partial charge in [0.1, 0.15) is 5.75 Å². The third kappa shape index (κ3) is 4.67. The van der Waals surface area contributed by atoms with Crippen LogP contribution in [0.1, 0.15) is 37.0 Å². The summed E-state index contributed by atoms with van der Waals surface area (Å²) < 4.78 is 5.35. The number of hydrogen-bond acceptors (Lipinski definition) is 3. The third-order valence-electron chi connectivity index (χ3n) is 5.37. The van der Waals surface area contributed by atoms with Crippen molar-refractivity contribution in [2.24, 2.45) is 0 Å². The number of aromatic nitrogens is 1. The molecule has 3 rings (SSSR count). The maximum atomic E-state index is 12.5. The minimum atomic E-state index is -0.251. The van der Waals surface area contributed by atoms with Crippen LogP contribution in [0.3, 0.4) is 0 Å². The summed E-state index contributed by atoms with van der Waals surface area (Å²) in [6, 6.07) is 15.7. The molecule has 0 saturated heterocycles. The van der Waals surface area contributed by atoms with Crippen LogP contribution in [0.25, 0.3) is 10.9 Å². The zero-order valence-electron chi connectivity index (χ0n) is 17.5. The summed E-state index contributed by atoms with van der Waals surface area (Å²) in [4.78, 5) is 27.8. The fourth-order valence-corrected chi connectivity index (χ4v) is 3.60. The Morgan fingerprint density at radius 2 is 1.86 bits per heavy atom. The van der Waals surface area contributed by atoms with E-state index in [1.54, 1.807) is 7.11 Å². The van der Waals surface area contributed by atoms with E-state index in [-0.39, 0.29) is 16.9 Å². The normalized spacial score (nSPS) is 11.4. The quantitative estimate of drug-likeness (QED) is 0.641. The Labute approximate surface area is 171 Å². The number of aryl methyl sites for hydroxylation is 1. The fraction of sp³-hybridized carbons (Fsp3) is 0.333. The van der Waals surface area contributed by atoms with E-state index in [1.165, 1.54) is 0 Å². The van der Waals surface area contributed by atoms with Crippen molar-refractivity contribution in [2.45, 2.75) is 39.0 Å². The van der Waals surface area contributed by atoms with E-state index in [0.717, 1.165) is 16.5 Å². The predicted molar refractivity (Wildman–Crippen MR) is 117 cm³/mol. The molecule has 2 N–H and O–H groups in total. The van der Waals surface area contributed by atoms with E-state index in [1.807, 2.05) is 55.5 Å². The van der Waals surface area contributed by atoms with Crippen LogP contribution in [0.5, 0.6) is 5.75 Å². The zero-order chi connectivity index (χ0) is 21.0. The molecule has 29 heavy (non-hydrogen) atoms. The van der Waals surface area contributed by atoms with Crippen LogP contribution in [-0.4, -0.2) is 24.5 Å². The van der Waals surface area contributed by atoms with Gasteiger partial charge in [-0.25, -0.2) is 0 Å². The van der Waals surface area contributed by atoms with Gasteiger partial charge in [-0.3, -0.25) is 9.59 Å². The summed E-state index contributed by atoms with van der Waals surface area (Å²) in [7, 11) is 1.59. The first kappa shape index (κ1) is 20.6. The Morgan fingerprint density at radius 1 is 1.14 bits per heavy atom. The topological polar surface area (TPSA) is 71.2 Å². The number of amides is 1. The van der Waals surface area contributed by atoms with Gasteiger partial charge in [0.25, 0.3) is 5.56 Å². The Hall–Kier alpha value is -3.08. The molecule has 1 amide bonds. The molecule has 0 saturated carbocycles. The van der Waals surface area contributed by atoms with Crippen LogP contribution in [0.15, 0.2) is 53.3 Å². The Bertz CT molecular complexity index is 1070. The van der Waals surface area contributed by atoms with Gasteiger partial charge in [0, 0.05) is 23.9 Å². The maximum Gasteiger partial charge on any atom is 0.251 e. The largest absolute Gasteiger partial charge is 0.495 e. The monoisotopic (exact) mass is 392 g/mol. The highest BCUT2D eigenvalue weighted by atomic mass is 16.5. The summed E-state index contributed by atoms with van der Waals surface area (Å²) in [5, 5.41) is 3.91. The first-order valence-electron chi connectivity index (χ1n) is 9.83. The number of pyridine rings is 1. The lowest BCUT2D eigenvalue weighted by Gasteiger charge is -2.24. The number of benzene rings is 2. The van der Waals surface area contributed by atoms with Crippen LogP contribution in [0.2, 0.25) is 0 Å². The van der Waals surface area contributed by atoms with Crippen LogP contribution in [0.4, 0.5) is 0 Å².